The molecule has 1 heterocycles. The zero-order valence-corrected chi connectivity index (χ0v) is 9.95. The number of H-pyrrole nitrogens is 1. The van der Waals surface area contributed by atoms with Gasteiger partial charge in [-0.15, -0.1) is 0 Å². The van der Waals surface area contributed by atoms with Crippen molar-refractivity contribution in [1.82, 2.24) is 4.98 Å². The first-order valence-corrected chi connectivity index (χ1v) is 5.95. The zero-order chi connectivity index (χ0) is 12.1. The number of rotatable bonds is 5. The second-order valence-corrected chi connectivity index (χ2v) is 4.05. The molecule has 0 radical (unpaired) electrons. The van der Waals surface area contributed by atoms with E-state index < -0.39 is 0 Å². The minimum absolute atomic E-state index is 0.726. The molecule has 1 aromatic carbocycles. The first-order chi connectivity index (χ1) is 8.36. The largest absolute Gasteiger partial charge is 0.355 e. The van der Waals surface area contributed by atoms with Gasteiger partial charge in [-0.3, -0.25) is 0 Å². The highest BCUT2D eigenvalue weighted by atomic mass is 14.7. The van der Waals surface area contributed by atoms with Crippen LogP contribution in [0.2, 0.25) is 0 Å². The quantitative estimate of drug-likeness (QED) is 0.755. The summed E-state index contributed by atoms with van der Waals surface area (Å²) in [5.74, 6) is 0. The summed E-state index contributed by atoms with van der Waals surface area (Å²) in [5.41, 5.74) is 9.30. The highest BCUT2D eigenvalue weighted by Crippen LogP contribution is 2.24. The van der Waals surface area contributed by atoms with Crippen LogP contribution in [0.3, 0.4) is 0 Å². The van der Waals surface area contributed by atoms with Crippen LogP contribution in [0.4, 0.5) is 0 Å². The molecule has 0 unspecified atom stereocenters. The Morgan fingerprint density at radius 3 is 2.88 bits per heavy atom. The van der Waals surface area contributed by atoms with Crippen LogP contribution in [-0.2, 0) is 6.42 Å². The topological polar surface area (TPSA) is 41.8 Å². The van der Waals surface area contributed by atoms with Crippen LogP contribution in [0.1, 0.15) is 17.7 Å². The van der Waals surface area contributed by atoms with Crippen molar-refractivity contribution in [1.29, 1.82) is 0 Å². The number of fused-ring (bicyclic) bond motifs is 1. The number of para-hydroxylation sites is 1. The Balaban J connectivity index is 2.48. The van der Waals surface area contributed by atoms with Crippen LogP contribution in [-0.4, -0.2) is 11.5 Å². The molecule has 2 rings (SSSR count). The SMILES string of the molecule is C=C/C=C\c1[nH]c2ccccc2c1CCCN. The molecule has 0 spiro atoms. The summed E-state index contributed by atoms with van der Waals surface area (Å²) in [5, 5.41) is 1.30. The average molecular weight is 226 g/mol. The van der Waals surface area contributed by atoms with Gasteiger partial charge in [0.25, 0.3) is 0 Å². The van der Waals surface area contributed by atoms with E-state index in [4.69, 9.17) is 5.73 Å². The van der Waals surface area contributed by atoms with E-state index in [1.165, 1.54) is 22.2 Å². The standard InChI is InChI=1S/C15H18N2/c1-2-3-9-14-13(8-6-11-16)12-7-4-5-10-15(12)17-14/h2-5,7,9-10,17H,1,6,8,11,16H2/b9-3-. The number of nitrogens with two attached hydrogens (primary N) is 1. The molecule has 88 valence electrons. The maximum atomic E-state index is 5.59. The first-order valence-electron chi connectivity index (χ1n) is 5.95. The number of aromatic amines is 1. The van der Waals surface area contributed by atoms with Gasteiger partial charge in [0.05, 0.1) is 0 Å². The van der Waals surface area contributed by atoms with E-state index in [9.17, 15) is 0 Å². The highest BCUT2D eigenvalue weighted by molar-refractivity contribution is 5.87. The molecule has 0 aliphatic rings. The van der Waals surface area contributed by atoms with Gasteiger partial charge in [-0.05, 0) is 37.1 Å². The Kier molecular flexibility index (Phi) is 3.78. The van der Waals surface area contributed by atoms with Gasteiger partial charge in [-0.25, -0.2) is 0 Å². The van der Waals surface area contributed by atoms with Crippen LogP contribution in [0.25, 0.3) is 17.0 Å². The van der Waals surface area contributed by atoms with Crippen molar-refractivity contribution in [3.05, 3.63) is 54.3 Å². The van der Waals surface area contributed by atoms with Gasteiger partial charge in [0, 0.05) is 16.6 Å². The number of hydrogen-bond acceptors (Lipinski definition) is 1. The van der Waals surface area contributed by atoms with Gasteiger partial charge >= 0.3 is 0 Å². The van der Waals surface area contributed by atoms with Gasteiger partial charge in [0.1, 0.15) is 0 Å². The Morgan fingerprint density at radius 1 is 1.29 bits per heavy atom. The molecule has 0 saturated heterocycles. The van der Waals surface area contributed by atoms with Gasteiger partial charge in [-0.1, -0.05) is 36.9 Å². The van der Waals surface area contributed by atoms with E-state index in [2.05, 4.69) is 35.8 Å². The molecular formula is C15H18N2. The third-order valence-electron chi connectivity index (χ3n) is 2.88. The summed E-state index contributed by atoms with van der Waals surface area (Å²) in [4.78, 5) is 3.43. The number of aromatic nitrogens is 1. The van der Waals surface area contributed by atoms with Crippen molar-refractivity contribution in [2.75, 3.05) is 6.54 Å². The molecule has 0 atom stereocenters. The lowest BCUT2D eigenvalue weighted by Gasteiger charge is -1.99. The van der Waals surface area contributed by atoms with Gasteiger partial charge in [0.2, 0.25) is 0 Å². The van der Waals surface area contributed by atoms with E-state index in [0.29, 0.717) is 0 Å². The molecular weight excluding hydrogens is 208 g/mol. The molecule has 3 N–H and O–H groups in total. The Hall–Kier alpha value is -1.80. The van der Waals surface area contributed by atoms with Crippen LogP contribution in [0, 0.1) is 0 Å². The van der Waals surface area contributed by atoms with E-state index in [1.54, 1.807) is 6.08 Å². The number of nitrogens with one attached hydrogen (secondary N) is 1. The highest BCUT2D eigenvalue weighted by Gasteiger charge is 2.07. The minimum atomic E-state index is 0.726. The summed E-state index contributed by atoms with van der Waals surface area (Å²) >= 11 is 0. The molecule has 0 aliphatic carbocycles. The lowest BCUT2D eigenvalue weighted by atomic mass is 10.1. The van der Waals surface area contributed by atoms with Crippen LogP contribution >= 0.6 is 0 Å². The molecule has 17 heavy (non-hydrogen) atoms. The molecule has 1 aromatic heterocycles. The predicted octanol–water partition coefficient (Wildman–Crippen LogP) is 3.26. The first kappa shape index (κ1) is 11.7. The van der Waals surface area contributed by atoms with Gasteiger partial charge in [0.15, 0.2) is 0 Å². The third-order valence-corrected chi connectivity index (χ3v) is 2.88. The maximum absolute atomic E-state index is 5.59. The minimum Gasteiger partial charge on any atom is -0.355 e. The zero-order valence-electron chi connectivity index (χ0n) is 9.95. The van der Waals surface area contributed by atoms with E-state index in [1.807, 2.05) is 12.1 Å². The van der Waals surface area contributed by atoms with Crippen molar-refractivity contribution < 1.29 is 0 Å². The van der Waals surface area contributed by atoms with Gasteiger partial charge in [-0.2, -0.15) is 0 Å². The van der Waals surface area contributed by atoms with E-state index in [-0.39, 0.29) is 0 Å². The van der Waals surface area contributed by atoms with Crippen molar-refractivity contribution in [2.24, 2.45) is 5.73 Å². The molecule has 2 aromatic rings. The summed E-state index contributed by atoms with van der Waals surface area (Å²) < 4.78 is 0. The third kappa shape index (κ3) is 2.48. The van der Waals surface area contributed by atoms with Crippen LogP contribution in [0.15, 0.2) is 43.0 Å². The average Bonchev–Trinajstić information content (AvgIpc) is 2.71. The second-order valence-electron chi connectivity index (χ2n) is 4.05. The smallest absolute Gasteiger partial charge is 0.0461 e. The molecule has 2 nitrogen and oxygen atoms in total. The van der Waals surface area contributed by atoms with Crippen molar-refractivity contribution in [2.45, 2.75) is 12.8 Å². The normalized spacial score (nSPS) is 11.4. The predicted molar refractivity (Wildman–Crippen MR) is 74.9 cm³/mol. The van der Waals surface area contributed by atoms with E-state index in [0.717, 1.165) is 19.4 Å². The molecule has 0 bridgehead atoms. The monoisotopic (exact) mass is 226 g/mol. The number of hydrogen-bond donors (Lipinski definition) is 2. The number of aryl methyl sites for hydroxylation is 1. The van der Waals surface area contributed by atoms with Gasteiger partial charge < -0.3 is 10.7 Å². The fourth-order valence-corrected chi connectivity index (χ4v) is 2.08. The summed E-state index contributed by atoms with van der Waals surface area (Å²) in [6.45, 7) is 4.43. The van der Waals surface area contributed by atoms with Crippen LogP contribution in [0.5, 0.6) is 0 Å². The van der Waals surface area contributed by atoms with Crippen molar-refractivity contribution >= 4 is 17.0 Å². The summed E-state index contributed by atoms with van der Waals surface area (Å²) in [6, 6.07) is 8.38. The molecule has 0 aliphatic heterocycles. The molecule has 0 fully saturated rings. The fourth-order valence-electron chi connectivity index (χ4n) is 2.08. The summed E-state index contributed by atoms with van der Waals surface area (Å²) in [6.07, 6.45) is 7.84. The Labute approximate surface area is 102 Å². The Bertz CT molecular complexity index is 535. The van der Waals surface area contributed by atoms with Crippen molar-refractivity contribution in [3.8, 4) is 0 Å². The number of benzene rings is 1. The maximum Gasteiger partial charge on any atom is 0.0461 e. The molecule has 0 saturated carbocycles. The van der Waals surface area contributed by atoms with Crippen molar-refractivity contribution in [3.63, 3.8) is 0 Å². The number of allylic oxidation sites excluding steroid dienone is 2. The van der Waals surface area contributed by atoms with E-state index >= 15 is 0 Å². The second kappa shape index (κ2) is 5.51. The lowest BCUT2D eigenvalue weighted by molar-refractivity contribution is 0.835. The molecule has 2 heteroatoms. The molecule has 0 amide bonds. The lowest BCUT2D eigenvalue weighted by Crippen LogP contribution is -2.00. The Morgan fingerprint density at radius 2 is 2.12 bits per heavy atom. The summed E-state index contributed by atoms with van der Waals surface area (Å²) in [7, 11) is 0. The fraction of sp³-hybridized carbons (Fsp3) is 0.200. The van der Waals surface area contributed by atoms with Crippen LogP contribution < -0.4 is 5.73 Å².